The Bertz CT molecular complexity index is 838. The van der Waals surface area contributed by atoms with Crippen LogP contribution in [0.15, 0.2) is 0 Å². The topological polar surface area (TPSA) is 121 Å². The molecule has 0 amide bonds. The predicted octanol–water partition coefficient (Wildman–Crippen LogP) is 4.18. The molecule has 4 rings (SSSR count). The number of hydrogen-bond acceptors (Lipinski definition) is 10. The number of hydrogen-bond donors (Lipinski definition) is 2. The maximum atomic E-state index is 14.8. The van der Waals surface area contributed by atoms with Crippen molar-refractivity contribution in [3.63, 3.8) is 0 Å². The zero-order chi connectivity index (χ0) is 27.2. The first-order valence-electron chi connectivity index (χ1n) is 11.3. The van der Waals surface area contributed by atoms with Crippen LogP contribution in [0.25, 0.3) is 0 Å². The van der Waals surface area contributed by atoms with E-state index >= 15 is 0 Å². The Labute approximate surface area is 208 Å². The van der Waals surface area contributed by atoms with Crippen molar-refractivity contribution in [3.8, 4) is 0 Å². The highest BCUT2D eigenvalue weighted by molar-refractivity contribution is 7.96. The standard InChI is InChI=1S/C21H29F5O9S/c1-4-31-15(28)20(21(24,25)26,32-11-19(22,23)16(2,3)36-35-34-30)33-14(27)17-6-12-5-13(7-17)9-18(29,8-12)10-17/h12-13,29-30H,4-11H2,1-3H3. The van der Waals surface area contributed by atoms with Gasteiger partial charge in [-0.15, -0.1) is 4.33 Å². The van der Waals surface area contributed by atoms with Crippen molar-refractivity contribution < 1.29 is 65.5 Å². The molecule has 4 saturated carbocycles. The van der Waals surface area contributed by atoms with E-state index in [1.807, 2.05) is 0 Å². The fraction of sp³-hybridized carbons (Fsp3) is 0.905. The quantitative estimate of drug-likeness (QED) is 0.0964. The zero-order valence-electron chi connectivity index (χ0n) is 19.9. The van der Waals surface area contributed by atoms with E-state index in [4.69, 9.17) is 9.99 Å². The third kappa shape index (κ3) is 5.32. The molecule has 0 aromatic carbocycles. The van der Waals surface area contributed by atoms with Crippen molar-refractivity contribution >= 4 is 24.0 Å². The lowest BCUT2D eigenvalue weighted by molar-refractivity contribution is -0.433. The normalized spacial score (nSPS) is 31.7. The van der Waals surface area contributed by atoms with E-state index in [-0.39, 0.29) is 43.1 Å². The number of ether oxygens (including phenoxy) is 3. The van der Waals surface area contributed by atoms with Crippen molar-refractivity contribution in [1.29, 1.82) is 0 Å². The lowest BCUT2D eigenvalue weighted by atomic mass is 9.48. The molecule has 208 valence electrons. The van der Waals surface area contributed by atoms with Gasteiger partial charge in [-0.2, -0.15) is 13.2 Å². The van der Waals surface area contributed by atoms with Crippen LogP contribution in [-0.4, -0.2) is 63.8 Å². The number of alkyl halides is 5. The smallest absolute Gasteiger partial charge is 0.461 e. The molecule has 0 aromatic heterocycles. The molecule has 4 aliphatic rings. The summed E-state index contributed by atoms with van der Waals surface area (Å²) in [5.41, 5.74) is -2.77. The molecular formula is C21H29F5O9S. The number of aliphatic hydroxyl groups is 1. The van der Waals surface area contributed by atoms with Crippen LogP contribution >= 0.6 is 12.0 Å². The molecule has 0 aliphatic heterocycles. The van der Waals surface area contributed by atoms with Gasteiger partial charge in [-0.05, 0) is 71.1 Å². The number of carbonyl (C=O) groups is 2. The van der Waals surface area contributed by atoms with Gasteiger partial charge in [0.25, 0.3) is 5.92 Å². The van der Waals surface area contributed by atoms with Crippen LogP contribution in [0.1, 0.15) is 59.3 Å². The summed E-state index contributed by atoms with van der Waals surface area (Å²) in [6.07, 6.45) is -4.19. The van der Waals surface area contributed by atoms with Gasteiger partial charge in [-0.25, -0.2) is 18.8 Å². The summed E-state index contributed by atoms with van der Waals surface area (Å²) in [7, 11) is 0. The Hall–Kier alpha value is -1.26. The Balaban J connectivity index is 1.93. The maximum Gasteiger partial charge on any atom is 0.468 e. The Morgan fingerprint density at radius 2 is 1.64 bits per heavy atom. The monoisotopic (exact) mass is 552 g/mol. The van der Waals surface area contributed by atoms with E-state index in [1.54, 1.807) is 0 Å². The van der Waals surface area contributed by atoms with Gasteiger partial charge < -0.3 is 19.3 Å². The molecule has 4 bridgehead atoms. The van der Waals surface area contributed by atoms with Crippen LogP contribution < -0.4 is 0 Å². The third-order valence-corrected chi connectivity index (χ3v) is 8.07. The molecule has 36 heavy (non-hydrogen) atoms. The van der Waals surface area contributed by atoms with Gasteiger partial charge in [0, 0.05) is 12.0 Å². The summed E-state index contributed by atoms with van der Waals surface area (Å²) in [5.74, 6) is -12.5. The molecule has 2 N–H and O–H groups in total. The lowest BCUT2D eigenvalue weighted by Crippen LogP contribution is -2.64. The average Bonchev–Trinajstić information content (AvgIpc) is 2.72. The summed E-state index contributed by atoms with van der Waals surface area (Å²) >= 11 is -0.121. The van der Waals surface area contributed by atoms with Gasteiger partial charge in [-0.1, -0.05) is 5.04 Å². The third-order valence-electron chi connectivity index (χ3n) is 7.23. The van der Waals surface area contributed by atoms with Crippen LogP contribution in [0.2, 0.25) is 0 Å². The first-order valence-corrected chi connectivity index (χ1v) is 12.1. The van der Waals surface area contributed by atoms with Crippen molar-refractivity contribution in [2.45, 2.75) is 87.5 Å². The van der Waals surface area contributed by atoms with Gasteiger partial charge >= 0.3 is 23.9 Å². The Morgan fingerprint density at radius 1 is 1.06 bits per heavy atom. The highest BCUT2D eigenvalue weighted by atomic mass is 32.2. The first kappa shape index (κ1) is 29.3. The van der Waals surface area contributed by atoms with E-state index in [2.05, 4.69) is 18.8 Å². The number of halogens is 5. The molecule has 0 heterocycles. The fourth-order valence-electron chi connectivity index (χ4n) is 5.83. The molecule has 15 heteroatoms. The summed E-state index contributed by atoms with van der Waals surface area (Å²) in [4.78, 5) is 25.8. The van der Waals surface area contributed by atoms with Crippen molar-refractivity contribution in [1.82, 2.24) is 0 Å². The molecule has 0 aromatic rings. The minimum atomic E-state index is -5.80. The minimum absolute atomic E-state index is 0.121. The van der Waals surface area contributed by atoms with Crippen LogP contribution in [-0.2, 0) is 33.2 Å². The Kier molecular flexibility index (Phi) is 7.98. The molecule has 0 saturated heterocycles. The molecule has 3 unspecified atom stereocenters. The predicted molar refractivity (Wildman–Crippen MR) is 111 cm³/mol. The van der Waals surface area contributed by atoms with Crippen LogP contribution in [0.3, 0.4) is 0 Å². The minimum Gasteiger partial charge on any atom is -0.461 e. The second-order valence-corrected chi connectivity index (χ2v) is 11.7. The van der Waals surface area contributed by atoms with E-state index < -0.39 is 58.8 Å². The highest BCUT2D eigenvalue weighted by Crippen LogP contribution is 2.62. The number of rotatable bonds is 11. The molecular weight excluding hydrogens is 523 g/mol. The summed E-state index contributed by atoms with van der Waals surface area (Å²) in [6, 6.07) is 0. The Morgan fingerprint density at radius 3 is 2.11 bits per heavy atom. The van der Waals surface area contributed by atoms with Gasteiger partial charge in [0.2, 0.25) is 0 Å². The number of carbonyl (C=O) groups excluding carboxylic acids is 2. The maximum absolute atomic E-state index is 14.8. The van der Waals surface area contributed by atoms with Gasteiger partial charge in [-0.3, -0.25) is 4.79 Å². The summed E-state index contributed by atoms with van der Waals surface area (Å²) in [6.45, 7) is 0.237. The van der Waals surface area contributed by atoms with E-state index in [1.165, 1.54) is 6.92 Å². The second kappa shape index (κ2) is 9.80. The number of esters is 2. The van der Waals surface area contributed by atoms with E-state index in [9.17, 15) is 36.6 Å². The van der Waals surface area contributed by atoms with Crippen LogP contribution in [0.4, 0.5) is 22.0 Å². The highest BCUT2D eigenvalue weighted by Gasteiger charge is 2.71. The first-order chi connectivity index (χ1) is 16.4. The largest absolute Gasteiger partial charge is 0.468 e. The fourth-order valence-corrected chi connectivity index (χ4v) is 6.21. The van der Waals surface area contributed by atoms with Gasteiger partial charge in [0.05, 0.1) is 17.6 Å². The molecule has 3 atom stereocenters. The average molecular weight is 553 g/mol. The molecule has 9 nitrogen and oxygen atoms in total. The second-order valence-electron chi connectivity index (χ2n) is 10.4. The van der Waals surface area contributed by atoms with Crippen molar-refractivity contribution in [3.05, 3.63) is 0 Å². The SMILES string of the molecule is CCOC(=O)C(OCC(F)(F)C(C)(C)SOOO)(OC(=O)C12CC3CC(CC(O)(C3)C1)C2)C(F)(F)F. The molecule has 0 radical (unpaired) electrons. The van der Waals surface area contributed by atoms with Gasteiger partial charge in [0.1, 0.15) is 11.4 Å². The van der Waals surface area contributed by atoms with Crippen molar-refractivity contribution in [2.75, 3.05) is 13.2 Å². The molecule has 4 fully saturated rings. The van der Waals surface area contributed by atoms with Crippen LogP contribution in [0.5, 0.6) is 0 Å². The summed E-state index contributed by atoms with van der Waals surface area (Å²) in [5, 5.41) is 22.3. The van der Waals surface area contributed by atoms with Crippen LogP contribution in [0, 0.1) is 17.3 Å². The molecule has 4 aliphatic carbocycles. The summed E-state index contributed by atoms with van der Waals surface area (Å²) < 4.78 is 88.0. The zero-order valence-corrected chi connectivity index (χ0v) is 20.7. The van der Waals surface area contributed by atoms with E-state index in [0.717, 1.165) is 13.8 Å². The van der Waals surface area contributed by atoms with Crippen molar-refractivity contribution in [2.24, 2.45) is 17.3 Å². The lowest BCUT2D eigenvalue weighted by Gasteiger charge is -2.59. The molecule has 0 spiro atoms. The van der Waals surface area contributed by atoms with E-state index in [0.29, 0.717) is 19.3 Å². The van der Waals surface area contributed by atoms with Gasteiger partial charge in [0.15, 0.2) is 0 Å².